The predicted molar refractivity (Wildman–Crippen MR) is 140 cm³/mol. The normalized spacial score (nSPS) is 19.4. The lowest BCUT2D eigenvalue weighted by atomic mass is 9.76. The first kappa shape index (κ1) is 23.9. The molecule has 0 aromatic heterocycles. The van der Waals surface area contributed by atoms with Crippen molar-refractivity contribution in [1.82, 2.24) is 10.2 Å². The maximum Gasteiger partial charge on any atom is 0.231 e. The van der Waals surface area contributed by atoms with Crippen molar-refractivity contribution >= 4 is 17.5 Å². The number of carbonyl (C=O) groups is 1. The fraction of sp³-hybridized carbons (Fsp3) is 0.345. The van der Waals surface area contributed by atoms with Crippen molar-refractivity contribution in [2.45, 2.75) is 31.3 Å². The van der Waals surface area contributed by atoms with Gasteiger partial charge in [0.1, 0.15) is 0 Å². The van der Waals surface area contributed by atoms with Crippen molar-refractivity contribution in [1.29, 1.82) is 0 Å². The maximum atomic E-state index is 13.0. The van der Waals surface area contributed by atoms with Gasteiger partial charge in [-0.15, -0.1) is 0 Å². The second-order valence-corrected chi connectivity index (χ2v) is 10.1. The van der Waals surface area contributed by atoms with Crippen LogP contribution in [-0.4, -0.2) is 44.9 Å². The highest BCUT2D eigenvalue weighted by molar-refractivity contribution is 6.30. The Labute approximate surface area is 221 Å². The Morgan fingerprint density at radius 1 is 1.05 bits per heavy atom. The summed E-state index contributed by atoms with van der Waals surface area (Å²) >= 11 is 6.01. The molecule has 3 heterocycles. The molecule has 0 spiro atoms. The van der Waals surface area contributed by atoms with E-state index in [0.717, 1.165) is 53.4 Å². The molecule has 0 fully saturated rings. The topological polar surface area (TPSA) is 69.3 Å². The quantitative estimate of drug-likeness (QED) is 0.510. The summed E-state index contributed by atoms with van der Waals surface area (Å²) in [4.78, 5) is 15.5. The highest BCUT2D eigenvalue weighted by Crippen LogP contribution is 2.51. The molecule has 7 nitrogen and oxygen atoms in total. The van der Waals surface area contributed by atoms with E-state index in [9.17, 15) is 4.79 Å². The van der Waals surface area contributed by atoms with Crippen LogP contribution in [0.5, 0.6) is 23.0 Å². The van der Waals surface area contributed by atoms with Gasteiger partial charge in [-0.25, -0.2) is 0 Å². The molecule has 0 bridgehead atoms. The lowest BCUT2D eigenvalue weighted by Crippen LogP contribution is -2.45. The molecule has 0 radical (unpaired) electrons. The summed E-state index contributed by atoms with van der Waals surface area (Å²) in [6, 6.07) is 15.8. The number of rotatable bonds is 6. The smallest absolute Gasteiger partial charge is 0.231 e. The fourth-order valence-corrected chi connectivity index (χ4v) is 6.05. The molecule has 37 heavy (non-hydrogen) atoms. The van der Waals surface area contributed by atoms with E-state index >= 15 is 0 Å². The summed E-state index contributed by atoms with van der Waals surface area (Å²) in [5.41, 5.74) is 5.70. The molecular formula is C29H29ClN2O5. The highest BCUT2D eigenvalue weighted by atomic mass is 35.5. The minimum atomic E-state index is -0.0248. The Balaban J connectivity index is 1.36. The Kier molecular flexibility index (Phi) is 6.34. The molecule has 0 saturated heterocycles. The molecule has 3 aliphatic rings. The number of hydrogen-bond acceptors (Lipinski definition) is 6. The molecule has 6 rings (SSSR count). The SMILES string of the molecule is COc1ccc2c(c1OC)CN1CCc3cc4c(cc3C1C2CNC(=O)Cc1ccc(Cl)cc1)OCO4. The third-order valence-electron chi connectivity index (χ3n) is 7.64. The zero-order valence-electron chi connectivity index (χ0n) is 20.9. The van der Waals surface area contributed by atoms with Gasteiger partial charge >= 0.3 is 0 Å². The van der Waals surface area contributed by atoms with Crippen LogP contribution in [0.1, 0.15) is 39.8 Å². The van der Waals surface area contributed by atoms with E-state index in [-0.39, 0.29) is 24.7 Å². The average Bonchev–Trinajstić information content (AvgIpc) is 3.37. The second-order valence-electron chi connectivity index (χ2n) is 9.65. The van der Waals surface area contributed by atoms with Gasteiger partial charge in [-0.2, -0.15) is 0 Å². The first-order chi connectivity index (χ1) is 18.1. The number of nitrogens with one attached hydrogen (secondary N) is 1. The summed E-state index contributed by atoms with van der Waals surface area (Å²) in [5, 5.41) is 3.87. The Morgan fingerprint density at radius 2 is 1.84 bits per heavy atom. The van der Waals surface area contributed by atoms with Crippen LogP contribution in [0.3, 0.4) is 0 Å². The number of benzene rings is 3. The van der Waals surface area contributed by atoms with E-state index in [2.05, 4.69) is 28.4 Å². The van der Waals surface area contributed by atoms with E-state index in [4.69, 9.17) is 30.5 Å². The lowest BCUT2D eigenvalue weighted by molar-refractivity contribution is -0.120. The lowest BCUT2D eigenvalue weighted by Gasteiger charge is -2.46. The summed E-state index contributed by atoms with van der Waals surface area (Å²) in [6.45, 7) is 2.37. The van der Waals surface area contributed by atoms with Gasteiger partial charge in [0.15, 0.2) is 23.0 Å². The number of fused-ring (bicyclic) bond motifs is 5. The summed E-state index contributed by atoms with van der Waals surface area (Å²) in [7, 11) is 3.34. The average molecular weight is 521 g/mol. The van der Waals surface area contributed by atoms with E-state index in [1.165, 1.54) is 11.1 Å². The van der Waals surface area contributed by atoms with Gasteiger partial charge in [-0.3, -0.25) is 9.69 Å². The van der Waals surface area contributed by atoms with Gasteiger partial charge < -0.3 is 24.3 Å². The van der Waals surface area contributed by atoms with E-state index in [0.29, 0.717) is 23.7 Å². The number of carbonyl (C=O) groups excluding carboxylic acids is 1. The fourth-order valence-electron chi connectivity index (χ4n) is 5.93. The molecule has 1 amide bonds. The minimum Gasteiger partial charge on any atom is -0.493 e. The van der Waals surface area contributed by atoms with Crippen molar-refractivity contribution in [2.75, 3.05) is 34.1 Å². The summed E-state index contributed by atoms with van der Waals surface area (Å²) in [6.07, 6.45) is 1.21. The number of hydrogen-bond donors (Lipinski definition) is 1. The Morgan fingerprint density at radius 3 is 2.59 bits per heavy atom. The second kappa shape index (κ2) is 9.80. The number of nitrogens with zero attached hydrogens (tertiary/aromatic N) is 1. The number of amides is 1. The van der Waals surface area contributed by atoms with Crippen LogP contribution in [0.4, 0.5) is 0 Å². The molecule has 2 unspecified atom stereocenters. The van der Waals surface area contributed by atoms with Crippen molar-refractivity contribution in [3.8, 4) is 23.0 Å². The molecule has 0 saturated carbocycles. The molecule has 1 N–H and O–H groups in total. The third kappa shape index (κ3) is 4.36. The van der Waals surface area contributed by atoms with Crippen LogP contribution >= 0.6 is 11.6 Å². The van der Waals surface area contributed by atoms with Gasteiger partial charge in [0.05, 0.1) is 20.6 Å². The van der Waals surface area contributed by atoms with Crippen LogP contribution in [0.15, 0.2) is 48.5 Å². The van der Waals surface area contributed by atoms with Gasteiger partial charge in [0.2, 0.25) is 12.7 Å². The maximum absolute atomic E-state index is 13.0. The van der Waals surface area contributed by atoms with Gasteiger partial charge in [0, 0.05) is 42.2 Å². The van der Waals surface area contributed by atoms with Crippen molar-refractivity contribution < 1.29 is 23.7 Å². The van der Waals surface area contributed by atoms with Crippen LogP contribution in [0.2, 0.25) is 5.02 Å². The zero-order valence-corrected chi connectivity index (χ0v) is 21.6. The van der Waals surface area contributed by atoms with Crippen molar-refractivity contribution in [3.63, 3.8) is 0 Å². The van der Waals surface area contributed by atoms with Crippen LogP contribution in [0.25, 0.3) is 0 Å². The molecule has 3 aromatic rings. The number of methoxy groups -OCH3 is 2. The largest absolute Gasteiger partial charge is 0.493 e. The third-order valence-corrected chi connectivity index (χ3v) is 7.89. The summed E-state index contributed by atoms with van der Waals surface area (Å²) < 4.78 is 22.8. The van der Waals surface area contributed by atoms with E-state index in [1.54, 1.807) is 14.2 Å². The predicted octanol–water partition coefficient (Wildman–Crippen LogP) is 4.64. The molecule has 3 aromatic carbocycles. The van der Waals surface area contributed by atoms with E-state index < -0.39 is 0 Å². The summed E-state index contributed by atoms with van der Waals surface area (Å²) in [5.74, 6) is 3.05. The monoisotopic (exact) mass is 520 g/mol. The van der Waals surface area contributed by atoms with Crippen molar-refractivity contribution in [2.24, 2.45) is 0 Å². The Bertz CT molecular complexity index is 1340. The molecule has 8 heteroatoms. The number of halogens is 1. The zero-order chi connectivity index (χ0) is 25.5. The standard InChI is InChI=1S/C29H29ClN2O5/c1-34-24-8-7-20-22(14-31-27(33)11-17-3-5-19(30)6-4-17)28-21-13-26-25(36-16-37-26)12-18(21)9-10-32(28)15-23(20)29(24)35-2/h3-8,12-13,22,28H,9-11,14-16H2,1-2H3,(H,31,33). The Hall–Kier alpha value is -3.42. The minimum absolute atomic E-state index is 0.0112. The van der Waals surface area contributed by atoms with Gasteiger partial charge in [0.25, 0.3) is 0 Å². The van der Waals surface area contributed by atoms with Crippen molar-refractivity contribution in [3.05, 3.63) is 81.4 Å². The van der Waals surface area contributed by atoms with Gasteiger partial charge in [-0.1, -0.05) is 29.8 Å². The van der Waals surface area contributed by atoms with Gasteiger partial charge in [-0.05, 0) is 59.0 Å². The van der Waals surface area contributed by atoms with Crippen LogP contribution in [0, 0.1) is 0 Å². The highest BCUT2D eigenvalue weighted by Gasteiger charge is 2.42. The first-order valence-corrected chi connectivity index (χ1v) is 12.8. The number of ether oxygens (including phenoxy) is 4. The van der Waals surface area contributed by atoms with E-state index in [1.807, 2.05) is 30.3 Å². The molecular weight excluding hydrogens is 492 g/mol. The molecule has 2 atom stereocenters. The molecule has 192 valence electrons. The molecule has 0 aliphatic carbocycles. The van der Waals surface area contributed by atoms with Crippen LogP contribution < -0.4 is 24.3 Å². The first-order valence-electron chi connectivity index (χ1n) is 12.5. The molecule has 3 aliphatic heterocycles. The van der Waals surface area contributed by atoms with Crippen LogP contribution in [-0.2, 0) is 24.2 Å².